The van der Waals surface area contributed by atoms with Crippen molar-refractivity contribution in [2.24, 2.45) is 4.36 Å². The summed E-state index contributed by atoms with van der Waals surface area (Å²) in [5, 5.41) is 10.6. The highest BCUT2D eigenvalue weighted by molar-refractivity contribution is 7.92. The zero-order chi connectivity index (χ0) is 12.3. The zero-order valence-corrected chi connectivity index (χ0v) is 9.98. The molecule has 0 aliphatic heterocycles. The minimum absolute atomic E-state index is 0.137. The average molecular weight is 244 g/mol. The number of hydrogen-bond acceptors (Lipinski definition) is 5. The Balaban J connectivity index is 3.36. The summed E-state index contributed by atoms with van der Waals surface area (Å²) in [5.74, 6) is 0.316. The lowest BCUT2D eigenvalue weighted by molar-refractivity contribution is -0.384. The topological polar surface area (TPSA) is 81.8 Å². The Morgan fingerprint density at radius 1 is 1.38 bits per heavy atom. The molecule has 0 fully saturated rings. The fourth-order valence-corrected chi connectivity index (χ4v) is 1.71. The van der Waals surface area contributed by atoms with Gasteiger partial charge in [0.2, 0.25) is 0 Å². The number of hydrogen-bond donors (Lipinski definition) is 0. The first-order valence-electron chi connectivity index (χ1n) is 4.32. The Morgan fingerprint density at radius 2 is 2.00 bits per heavy atom. The minimum atomic E-state index is -2.35. The largest absolute Gasteiger partial charge is 0.496 e. The molecule has 0 aliphatic carbocycles. The van der Waals surface area contributed by atoms with Crippen molar-refractivity contribution in [2.45, 2.75) is 0 Å². The van der Waals surface area contributed by atoms with Gasteiger partial charge in [-0.25, -0.2) is 4.21 Å². The molecule has 0 amide bonds. The maximum Gasteiger partial charge on any atom is 0.275 e. The summed E-state index contributed by atoms with van der Waals surface area (Å²) < 4.78 is 20.2. The third-order valence-electron chi connectivity index (χ3n) is 1.65. The summed E-state index contributed by atoms with van der Waals surface area (Å²) in [4.78, 5) is 10.1. The van der Waals surface area contributed by atoms with Gasteiger partial charge < -0.3 is 4.74 Å². The number of ether oxygens (including phenoxy) is 1. The van der Waals surface area contributed by atoms with Crippen LogP contribution < -0.4 is 4.74 Å². The van der Waals surface area contributed by atoms with Crippen LogP contribution >= 0.6 is 0 Å². The van der Waals surface area contributed by atoms with Gasteiger partial charge in [0.15, 0.2) is 0 Å². The van der Waals surface area contributed by atoms with E-state index in [1.54, 1.807) is 0 Å². The Hall–Kier alpha value is -1.63. The van der Waals surface area contributed by atoms with Crippen LogP contribution in [0.15, 0.2) is 22.6 Å². The number of nitro benzene ring substituents is 1. The number of methoxy groups -OCH3 is 1. The van der Waals surface area contributed by atoms with Gasteiger partial charge in [0.05, 0.1) is 23.8 Å². The van der Waals surface area contributed by atoms with Crippen LogP contribution in [0.3, 0.4) is 0 Å². The van der Waals surface area contributed by atoms with Gasteiger partial charge in [0.25, 0.3) is 5.69 Å². The lowest BCUT2D eigenvalue weighted by atomic mass is 10.2. The second-order valence-corrected chi connectivity index (χ2v) is 5.96. The maximum absolute atomic E-state index is 11.5. The predicted molar refractivity (Wildman–Crippen MR) is 61.7 cm³/mol. The minimum Gasteiger partial charge on any atom is -0.496 e. The highest BCUT2D eigenvalue weighted by Crippen LogP contribution is 2.28. The quantitative estimate of drug-likeness (QED) is 0.601. The van der Waals surface area contributed by atoms with Crippen molar-refractivity contribution in [3.8, 4) is 5.75 Å². The van der Waals surface area contributed by atoms with Gasteiger partial charge in [0.1, 0.15) is 5.75 Å². The molecule has 7 heteroatoms. The highest BCUT2D eigenvalue weighted by Gasteiger charge is 2.10. The van der Waals surface area contributed by atoms with Gasteiger partial charge in [-0.2, -0.15) is 4.36 Å². The fourth-order valence-electron chi connectivity index (χ4n) is 1.10. The van der Waals surface area contributed by atoms with Crippen molar-refractivity contribution in [1.82, 2.24) is 0 Å². The van der Waals surface area contributed by atoms with Gasteiger partial charge in [-0.05, 0) is 0 Å². The Labute approximate surface area is 93.6 Å². The molecular weight excluding hydrogens is 232 g/mol. The molecule has 0 saturated carbocycles. The molecule has 88 valence electrons. The number of benzene rings is 1. The van der Waals surface area contributed by atoms with E-state index >= 15 is 0 Å². The van der Waals surface area contributed by atoms with Crippen LogP contribution in [0.1, 0.15) is 0 Å². The van der Waals surface area contributed by atoms with E-state index in [1.807, 2.05) is 0 Å². The van der Waals surface area contributed by atoms with Gasteiger partial charge in [-0.3, -0.25) is 10.1 Å². The SMILES string of the molecule is COc1cc(N=S(C)(C)=O)cc([N+](=O)[O-])c1. The molecule has 0 unspecified atom stereocenters. The predicted octanol–water partition coefficient (Wildman–Crippen LogP) is 1.96. The molecule has 0 bridgehead atoms. The monoisotopic (exact) mass is 244 g/mol. The third kappa shape index (κ3) is 3.50. The second kappa shape index (κ2) is 4.48. The molecule has 0 radical (unpaired) electrons. The molecular formula is C9H12N2O4S. The van der Waals surface area contributed by atoms with Gasteiger partial charge in [-0.1, -0.05) is 0 Å². The van der Waals surface area contributed by atoms with Gasteiger partial charge >= 0.3 is 0 Å². The van der Waals surface area contributed by atoms with Crippen molar-refractivity contribution in [1.29, 1.82) is 0 Å². The number of rotatable bonds is 3. The van der Waals surface area contributed by atoms with Crippen LogP contribution in [0, 0.1) is 10.1 Å². The fraction of sp³-hybridized carbons (Fsp3) is 0.333. The first-order valence-corrected chi connectivity index (χ1v) is 6.65. The van der Waals surface area contributed by atoms with Gasteiger partial charge in [0, 0.05) is 34.4 Å². The van der Waals surface area contributed by atoms with Crippen molar-refractivity contribution < 1.29 is 13.9 Å². The van der Waals surface area contributed by atoms with Gasteiger partial charge in [-0.15, -0.1) is 0 Å². The first kappa shape index (κ1) is 12.4. The summed E-state index contributed by atoms with van der Waals surface area (Å²) in [5.41, 5.74) is 0.141. The van der Waals surface area contributed by atoms with E-state index in [2.05, 4.69) is 4.36 Å². The van der Waals surface area contributed by atoms with Crippen LogP contribution in [0.4, 0.5) is 11.4 Å². The zero-order valence-electron chi connectivity index (χ0n) is 9.17. The van der Waals surface area contributed by atoms with Crippen LogP contribution in [0.25, 0.3) is 0 Å². The van der Waals surface area contributed by atoms with Crippen LogP contribution in [0.5, 0.6) is 5.75 Å². The number of nitrogens with zero attached hydrogens (tertiary/aromatic N) is 2. The maximum atomic E-state index is 11.5. The van der Waals surface area contributed by atoms with E-state index in [-0.39, 0.29) is 11.4 Å². The van der Waals surface area contributed by atoms with Crippen molar-refractivity contribution in [3.05, 3.63) is 28.3 Å². The van der Waals surface area contributed by atoms with Crippen molar-refractivity contribution in [3.63, 3.8) is 0 Å². The molecule has 1 rings (SSSR count). The normalized spacial score (nSPS) is 10.9. The van der Waals surface area contributed by atoms with E-state index < -0.39 is 14.7 Å². The third-order valence-corrected chi connectivity index (χ3v) is 2.30. The lowest BCUT2D eigenvalue weighted by Gasteiger charge is -2.02. The molecule has 16 heavy (non-hydrogen) atoms. The molecule has 1 aromatic carbocycles. The second-order valence-electron chi connectivity index (χ2n) is 3.42. The van der Waals surface area contributed by atoms with E-state index in [9.17, 15) is 14.3 Å². The summed E-state index contributed by atoms with van der Waals surface area (Å²) in [6, 6.07) is 4.04. The van der Waals surface area contributed by atoms with Crippen molar-refractivity contribution >= 4 is 21.1 Å². The molecule has 0 aromatic heterocycles. The van der Waals surface area contributed by atoms with E-state index in [1.165, 1.54) is 37.8 Å². The van der Waals surface area contributed by atoms with Crippen molar-refractivity contribution in [2.75, 3.05) is 19.6 Å². The van der Waals surface area contributed by atoms with Crippen LogP contribution in [0.2, 0.25) is 0 Å². The van der Waals surface area contributed by atoms with E-state index in [0.29, 0.717) is 5.75 Å². The highest BCUT2D eigenvalue weighted by atomic mass is 32.2. The lowest BCUT2D eigenvalue weighted by Crippen LogP contribution is -1.92. The molecule has 0 saturated heterocycles. The molecule has 0 N–H and O–H groups in total. The average Bonchev–Trinajstić information content (AvgIpc) is 2.14. The smallest absolute Gasteiger partial charge is 0.275 e. The van der Waals surface area contributed by atoms with E-state index in [0.717, 1.165) is 0 Å². The molecule has 0 heterocycles. The molecule has 0 atom stereocenters. The number of non-ortho nitro benzene ring substituents is 1. The molecule has 0 spiro atoms. The first-order chi connectivity index (χ1) is 7.31. The Kier molecular flexibility index (Phi) is 3.48. The van der Waals surface area contributed by atoms with Crippen LogP contribution in [-0.4, -0.2) is 28.8 Å². The summed E-state index contributed by atoms with van der Waals surface area (Å²) >= 11 is 0. The summed E-state index contributed by atoms with van der Waals surface area (Å²) in [6.07, 6.45) is 2.91. The Morgan fingerprint density at radius 3 is 2.44 bits per heavy atom. The summed E-state index contributed by atoms with van der Waals surface area (Å²) in [6.45, 7) is 0. The molecule has 1 aromatic rings. The molecule has 0 aliphatic rings. The Bertz CT molecular complexity index is 524. The standard InChI is InChI=1S/C9H12N2O4S/c1-15-9-5-7(10-16(2,3)14)4-8(6-9)11(12)13/h4-6H,1-3H3. The summed E-state index contributed by atoms with van der Waals surface area (Å²) in [7, 11) is -0.947. The number of nitro groups is 1. The van der Waals surface area contributed by atoms with Crippen LogP contribution in [-0.2, 0) is 9.73 Å². The van der Waals surface area contributed by atoms with E-state index in [4.69, 9.17) is 4.74 Å². The molecule has 6 nitrogen and oxygen atoms in total.